The van der Waals surface area contributed by atoms with Gasteiger partial charge in [0.2, 0.25) is 0 Å². The molecule has 0 unspecified atom stereocenters. The second kappa shape index (κ2) is 5.13. The van der Waals surface area contributed by atoms with Crippen LogP contribution in [0.15, 0.2) is 30.3 Å². The summed E-state index contributed by atoms with van der Waals surface area (Å²) >= 11 is 11.4. The number of benzene rings is 2. The topological polar surface area (TPSA) is 29.9 Å². The highest BCUT2D eigenvalue weighted by atomic mass is 35.5. The average molecular weight is 327 g/mol. The molecular weight excluding hydrogens is 318 g/mol. The molecule has 3 aromatic rings. The van der Waals surface area contributed by atoms with E-state index in [9.17, 15) is 8.78 Å². The molecule has 0 radical (unpaired) electrons. The zero-order chi connectivity index (χ0) is 15.1. The van der Waals surface area contributed by atoms with Gasteiger partial charge in [-0.3, -0.25) is 4.57 Å². The van der Waals surface area contributed by atoms with Gasteiger partial charge in [0.25, 0.3) is 0 Å². The minimum absolute atomic E-state index is 0.00940. The number of aromatic amines is 1. The fraction of sp³-hybridized carbons (Fsp3) is 0.0714. The number of imidazole rings is 1. The number of H-pyrrole nitrogens is 1. The summed E-state index contributed by atoms with van der Waals surface area (Å²) in [5.74, 6) is -1.41. The Bertz CT molecular complexity index is 904. The standard InChI is InChI=1S/C14H9ClF2N2OS/c1-20-7-2-3-8(15)11(6-7)19-13-10(18-14(19)21)5-4-9(16)12(13)17/h2-6H,1H3,(H,18,21). The Hall–Kier alpha value is -1.92. The summed E-state index contributed by atoms with van der Waals surface area (Å²) in [6.07, 6.45) is 0. The lowest BCUT2D eigenvalue weighted by molar-refractivity contribution is 0.414. The summed E-state index contributed by atoms with van der Waals surface area (Å²) in [7, 11) is 1.50. The van der Waals surface area contributed by atoms with Crippen molar-refractivity contribution in [2.45, 2.75) is 0 Å². The Morgan fingerprint density at radius 3 is 2.71 bits per heavy atom. The molecule has 0 saturated carbocycles. The van der Waals surface area contributed by atoms with Gasteiger partial charge < -0.3 is 9.72 Å². The van der Waals surface area contributed by atoms with Crippen LogP contribution in [0.1, 0.15) is 0 Å². The summed E-state index contributed by atoms with van der Waals surface area (Å²) < 4.78 is 34.3. The van der Waals surface area contributed by atoms with E-state index in [-0.39, 0.29) is 10.3 Å². The van der Waals surface area contributed by atoms with Crippen LogP contribution in [-0.2, 0) is 0 Å². The van der Waals surface area contributed by atoms with E-state index in [1.165, 1.54) is 17.7 Å². The van der Waals surface area contributed by atoms with E-state index in [0.717, 1.165) is 6.07 Å². The van der Waals surface area contributed by atoms with E-state index in [1.807, 2.05) is 0 Å². The van der Waals surface area contributed by atoms with Crippen molar-refractivity contribution in [2.75, 3.05) is 7.11 Å². The minimum Gasteiger partial charge on any atom is -0.497 e. The van der Waals surface area contributed by atoms with Crippen molar-refractivity contribution >= 4 is 34.9 Å². The van der Waals surface area contributed by atoms with Crippen LogP contribution in [0.3, 0.4) is 0 Å². The Labute approximate surface area is 128 Å². The first-order chi connectivity index (χ1) is 10.0. The molecule has 0 aliphatic carbocycles. The van der Waals surface area contributed by atoms with E-state index >= 15 is 0 Å². The van der Waals surface area contributed by atoms with E-state index < -0.39 is 11.6 Å². The van der Waals surface area contributed by atoms with E-state index in [4.69, 9.17) is 28.6 Å². The van der Waals surface area contributed by atoms with Gasteiger partial charge in [-0.1, -0.05) is 11.6 Å². The molecule has 0 aliphatic rings. The van der Waals surface area contributed by atoms with E-state index in [0.29, 0.717) is 22.0 Å². The molecular formula is C14H9ClF2N2OS. The molecule has 21 heavy (non-hydrogen) atoms. The van der Waals surface area contributed by atoms with Crippen molar-refractivity contribution in [2.24, 2.45) is 0 Å². The lowest BCUT2D eigenvalue weighted by Gasteiger charge is -2.09. The molecule has 0 aliphatic heterocycles. The third-order valence-corrected chi connectivity index (χ3v) is 3.74. The van der Waals surface area contributed by atoms with Gasteiger partial charge in [-0.2, -0.15) is 0 Å². The summed E-state index contributed by atoms with van der Waals surface area (Å²) in [5, 5.41) is 0.344. The maximum atomic E-state index is 14.1. The first kappa shape index (κ1) is 14.0. The number of hydrogen-bond acceptors (Lipinski definition) is 2. The first-order valence-electron chi connectivity index (χ1n) is 5.95. The van der Waals surface area contributed by atoms with Crippen LogP contribution in [-0.4, -0.2) is 16.7 Å². The summed E-state index contributed by atoms with van der Waals surface area (Å²) in [6, 6.07) is 7.35. The quantitative estimate of drug-likeness (QED) is 0.696. The monoisotopic (exact) mass is 326 g/mol. The normalized spacial score (nSPS) is 11.0. The Balaban J connectivity index is 2.43. The van der Waals surface area contributed by atoms with Gasteiger partial charge in [-0.05, 0) is 36.5 Å². The summed E-state index contributed by atoms with van der Waals surface area (Å²) in [4.78, 5) is 2.83. The van der Waals surface area contributed by atoms with Crippen molar-refractivity contribution in [3.63, 3.8) is 0 Å². The van der Waals surface area contributed by atoms with Crippen LogP contribution in [0.25, 0.3) is 16.7 Å². The third kappa shape index (κ3) is 2.20. The highest BCUT2D eigenvalue weighted by molar-refractivity contribution is 7.71. The van der Waals surface area contributed by atoms with Gasteiger partial charge in [-0.25, -0.2) is 8.78 Å². The second-order valence-corrected chi connectivity index (χ2v) is 5.13. The molecule has 0 saturated heterocycles. The Kier molecular flexibility index (Phi) is 3.43. The first-order valence-corrected chi connectivity index (χ1v) is 6.74. The predicted molar refractivity (Wildman–Crippen MR) is 79.9 cm³/mol. The third-order valence-electron chi connectivity index (χ3n) is 3.13. The molecule has 3 rings (SSSR count). The largest absolute Gasteiger partial charge is 0.497 e. The number of methoxy groups -OCH3 is 1. The van der Waals surface area contributed by atoms with Crippen molar-refractivity contribution in [3.05, 3.63) is 51.8 Å². The minimum atomic E-state index is -0.987. The molecule has 0 bridgehead atoms. The average Bonchev–Trinajstić information content (AvgIpc) is 2.81. The number of halogens is 3. The van der Waals surface area contributed by atoms with E-state index in [1.54, 1.807) is 18.2 Å². The number of rotatable bonds is 2. The summed E-state index contributed by atoms with van der Waals surface area (Å²) in [5.41, 5.74) is 0.810. The lowest BCUT2D eigenvalue weighted by atomic mass is 10.2. The molecule has 0 spiro atoms. The van der Waals surface area contributed by atoms with Gasteiger partial charge in [0, 0.05) is 6.07 Å². The zero-order valence-corrected chi connectivity index (χ0v) is 12.4. The van der Waals surface area contributed by atoms with Crippen LogP contribution >= 0.6 is 23.8 Å². The zero-order valence-electron chi connectivity index (χ0n) is 10.8. The molecule has 2 aromatic carbocycles. The van der Waals surface area contributed by atoms with Crippen LogP contribution in [0, 0.1) is 16.4 Å². The number of fused-ring (bicyclic) bond motifs is 1. The van der Waals surface area contributed by atoms with Gasteiger partial charge in [-0.15, -0.1) is 0 Å². The molecule has 1 heterocycles. The smallest absolute Gasteiger partial charge is 0.184 e. The number of aromatic nitrogens is 2. The maximum absolute atomic E-state index is 14.1. The molecule has 108 valence electrons. The van der Waals surface area contributed by atoms with Gasteiger partial charge in [0.05, 0.1) is 23.3 Å². The fourth-order valence-corrected chi connectivity index (χ4v) is 2.65. The SMILES string of the molecule is COc1ccc(Cl)c(-n2c(=S)[nH]c3ccc(F)c(F)c32)c1. The van der Waals surface area contributed by atoms with Gasteiger partial charge in [0.1, 0.15) is 11.3 Å². The second-order valence-electron chi connectivity index (χ2n) is 4.34. The molecule has 0 atom stereocenters. The highest BCUT2D eigenvalue weighted by Gasteiger charge is 2.17. The maximum Gasteiger partial charge on any atom is 0.184 e. The molecule has 3 nitrogen and oxygen atoms in total. The van der Waals surface area contributed by atoms with Gasteiger partial charge in [0.15, 0.2) is 16.4 Å². The molecule has 0 fully saturated rings. The molecule has 0 amide bonds. The fourth-order valence-electron chi connectivity index (χ4n) is 2.15. The van der Waals surface area contributed by atoms with Crippen LogP contribution in [0.2, 0.25) is 5.02 Å². The van der Waals surface area contributed by atoms with Crippen molar-refractivity contribution in [3.8, 4) is 11.4 Å². The molecule has 1 aromatic heterocycles. The van der Waals surface area contributed by atoms with Crippen molar-refractivity contribution in [1.29, 1.82) is 0 Å². The molecule has 1 N–H and O–H groups in total. The van der Waals surface area contributed by atoms with Gasteiger partial charge >= 0.3 is 0 Å². The summed E-state index contributed by atoms with van der Waals surface area (Å²) in [6.45, 7) is 0. The Morgan fingerprint density at radius 1 is 1.24 bits per heavy atom. The number of ether oxygens (including phenoxy) is 1. The number of nitrogens with one attached hydrogen (secondary N) is 1. The number of hydrogen-bond donors (Lipinski definition) is 1. The van der Waals surface area contributed by atoms with E-state index in [2.05, 4.69) is 4.98 Å². The molecule has 7 heteroatoms. The Morgan fingerprint density at radius 2 is 2.00 bits per heavy atom. The number of nitrogens with zero attached hydrogens (tertiary/aromatic N) is 1. The van der Waals surface area contributed by atoms with Crippen molar-refractivity contribution < 1.29 is 13.5 Å². The lowest BCUT2D eigenvalue weighted by Crippen LogP contribution is -1.99. The van der Waals surface area contributed by atoms with Crippen LogP contribution in [0.4, 0.5) is 8.78 Å². The van der Waals surface area contributed by atoms with Crippen LogP contribution in [0.5, 0.6) is 5.75 Å². The van der Waals surface area contributed by atoms with Crippen molar-refractivity contribution in [1.82, 2.24) is 9.55 Å². The highest BCUT2D eigenvalue weighted by Crippen LogP contribution is 2.30. The predicted octanol–water partition coefficient (Wildman–Crippen LogP) is 4.63. The van der Waals surface area contributed by atoms with Crippen LogP contribution < -0.4 is 4.74 Å².